The number of nitrogens with zero attached hydrogens (tertiary/aromatic N) is 3. The molecule has 0 aliphatic rings. The summed E-state index contributed by atoms with van der Waals surface area (Å²) in [6.07, 6.45) is 2.96. The lowest BCUT2D eigenvalue weighted by Crippen LogP contribution is -2.13. The molecule has 1 N–H and O–H groups in total. The van der Waals surface area contributed by atoms with Crippen LogP contribution in [-0.4, -0.2) is 21.5 Å². The maximum absolute atomic E-state index is 5.95. The summed E-state index contributed by atoms with van der Waals surface area (Å²) in [5.41, 5.74) is 1.70. The van der Waals surface area contributed by atoms with Crippen molar-refractivity contribution in [1.29, 1.82) is 0 Å². The van der Waals surface area contributed by atoms with Gasteiger partial charge in [-0.25, -0.2) is 4.68 Å². The van der Waals surface area contributed by atoms with Gasteiger partial charge in [0.05, 0.1) is 17.6 Å². The van der Waals surface area contributed by atoms with Crippen molar-refractivity contribution in [3.05, 3.63) is 40.1 Å². The Bertz CT molecular complexity index is 504. The summed E-state index contributed by atoms with van der Waals surface area (Å²) >= 11 is 11.9. The SMILES string of the molecule is CCCNCc1cn(-c2cc(Cl)cc(Cl)c2)nn1. The van der Waals surface area contributed by atoms with Crippen LogP contribution in [0, 0.1) is 0 Å². The van der Waals surface area contributed by atoms with E-state index in [1.807, 2.05) is 6.20 Å². The zero-order valence-electron chi connectivity index (χ0n) is 10.0. The van der Waals surface area contributed by atoms with Gasteiger partial charge in [-0.05, 0) is 31.2 Å². The average Bonchev–Trinajstić information content (AvgIpc) is 2.77. The quantitative estimate of drug-likeness (QED) is 0.858. The number of rotatable bonds is 5. The van der Waals surface area contributed by atoms with E-state index in [-0.39, 0.29) is 0 Å². The molecule has 0 radical (unpaired) electrons. The molecule has 0 saturated carbocycles. The van der Waals surface area contributed by atoms with Crippen molar-refractivity contribution in [2.75, 3.05) is 6.54 Å². The summed E-state index contributed by atoms with van der Waals surface area (Å²) in [5, 5.41) is 12.6. The Hall–Kier alpha value is -1.10. The molecule has 0 unspecified atom stereocenters. The molecule has 1 aromatic carbocycles. The van der Waals surface area contributed by atoms with Gasteiger partial charge >= 0.3 is 0 Å². The topological polar surface area (TPSA) is 42.7 Å². The number of aromatic nitrogens is 3. The van der Waals surface area contributed by atoms with Crippen LogP contribution in [-0.2, 0) is 6.54 Å². The molecular formula is C12H14Cl2N4. The van der Waals surface area contributed by atoms with Crippen molar-refractivity contribution in [3.63, 3.8) is 0 Å². The molecule has 0 saturated heterocycles. The Morgan fingerprint density at radius 2 is 1.94 bits per heavy atom. The van der Waals surface area contributed by atoms with Crippen LogP contribution in [0.2, 0.25) is 10.0 Å². The summed E-state index contributed by atoms with van der Waals surface area (Å²) in [5.74, 6) is 0. The zero-order chi connectivity index (χ0) is 13.0. The number of benzene rings is 1. The van der Waals surface area contributed by atoms with Crippen LogP contribution in [0.15, 0.2) is 24.4 Å². The summed E-state index contributed by atoms with van der Waals surface area (Å²) in [4.78, 5) is 0. The Labute approximate surface area is 116 Å². The predicted molar refractivity (Wildman–Crippen MR) is 73.4 cm³/mol. The molecule has 4 nitrogen and oxygen atoms in total. The van der Waals surface area contributed by atoms with Crippen molar-refractivity contribution in [2.24, 2.45) is 0 Å². The average molecular weight is 285 g/mol. The molecule has 96 valence electrons. The summed E-state index contributed by atoms with van der Waals surface area (Å²) in [6.45, 7) is 3.80. The van der Waals surface area contributed by atoms with Gasteiger partial charge in [0.25, 0.3) is 0 Å². The van der Waals surface area contributed by atoms with Crippen LogP contribution in [0.3, 0.4) is 0 Å². The summed E-state index contributed by atoms with van der Waals surface area (Å²) < 4.78 is 1.67. The Morgan fingerprint density at radius 3 is 2.61 bits per heavy atom. The number of nitrogens with one attached hydrogen (secondary N) is 1. The van der Waals surface area contributed by atoms with Gasteiger partial charge in [-0.3, -0.25) is 0 Å². The third kappa shape index (κ3) is 3.45. The molecule has 0 bridgehead atoms. The molecule has 0 spiro atoms. The van der Waals surface area contributed by atoms with Crippen molar-refractivity contribution in [2.45, 2.75) is 19.9 Å². The Morgan fingerprint density at radius 1 is 1.22 bits per heavy atom. The second kappa shape index (κ2) is 6.18. The van der Waals surface area contributed by atoms with Crippen LogP contribution >= 0.6 is 23.2 Å². The van der Waals surface area contributed by atoms with Crippen molar-refractivity contribution < 1.29 is 0 Å². The van der Waals surface area contributed by atoms with E-state index in [4.69, 9.17) is 23.2 Å². The highest BCUT2D eigenvalue weighted by Crippen LogP contribution is 2.21. The molecule has 0 fully saturated rings. The van der Waals surface area contributed by atoms with Gasteiger partial charge in [0.15, 0.2) is 0 Å². The smallest absolute Gasteiger partial charge is 0.0969 e. The zero-order valence-corrected chi connectivity index (χ0v) is 11.5. The van der Waals surface area contributed by atoms with Crippen LogP contribution < -0.4 is 5.32 Å². The standard InChI is InChI=1S/C12H14Cl2N4/c1-2-3-15-7-11-8-18(17-16-11)12-5-9(13)4-10(14)6-12/h4-6,8,15H,2-3,7H2,1H3. The van der Waals surface area contributed by atoms with Gasteiger partial charge in [-0.15, -0.1) is 5.10 Å². The van der Waals surface area contributed by atoms with Gasteiger partial charge in [-0.1, -0.05) is 35.3 Å². The maximum atomic E-state index is 5.95. The second-order valence-corrected chi connectivity index (χ2v) is 4.83. The molecule has 18 heavy (non-hydrogen) atoms. The van der Waals surface area contributed by atoms with Crippen molar-refractivity contribution in [3.8, 4) is 5.69 Å². The number of halogens is 2. The molecule has 1 aromatic heterocycles. The monoisotopic (exact) mass is 284 g/mol. The number of hydrogen-bond donors (Lipinski definition) is 1. The van der Waals surface area contributed by atoms with Crippen LogP contribution in [0.5, 0.6) is 0 Å². The third-order valence-electron chi connectivity index (χ3n) is 2.39. The third-order valence-corrected chi connectivity index (χ3v) is 2.82. The van der Waals surface area contributed by atoms with Crippen molar-refractivity contribution in [1.82, 2.24) is 20.3 Å². The molecule has 0 atom stereocenters. The van der Waals surface area contributed by atoms with E-state index in [0.717, 1.165) is 24.3 Å². The van der Waals surface area contributed by atoms with Gasteiger partial charge in [-0.2, -0.15) is 0 Å². The molecule has 2 rings (SSSR count). The first kappa shape index (κ1) is 13.3. The van der Waals surface area contributed by atoms with E-state index in [1.165, 1.54) is 0 Å². The normalized spacial score (nSPS) is 10.8. The minimum absolute atomic E-state index is 0.582. The van der Waals surface area contributed by atoms with Crippen LogP contribution in [0.4, 0.5) is 0 Å². The lowest BCUT2D eigenvalue weighted by atomic mass is 10.3. The van der Waals surface area contributed by atoms with E-state index in [1.54, 1.807) is 22.9 Å². The molecule has 0 aliphatic carbocycles. The predicted octanol–water partition coefficient (Wildman–Crippen LogP) is 3.07. The van der Waals surface area contributed by atoms with E-state index in [9.17, 15) is 0 Å². The van der Waals surface area contributed by atoms with E-state index >= 15 is 0 Å². The van der Waals surface area contributed by atoms with Gasteiger partial charge < -0.3 is 5.32 Å². The maximum Gasteiger partial charge on any atom is 0.0969 e. The molecule has 2 aromatic rings. The highest BCUT2D eigenvalue weighted by atomic mass is 35.5. The van der Waals surface area contributed by atoms with E-state index in [0.29, 0.717) is 16.6 Å². The second-order valence-electron chi connectivity index (χ2n) is 3.96. The first-order valence-corrected chi connectivity index (χ1v) is 6.53. The lowest BCUT2D eigenvalue weighted by molar-refractivity contribution is 0.662. The molecule has 0 aliphatic heterocycles. The first-order chi connectivity index (χ1) is 8.69. The molecule has 1 heterocycles. The minimum atomic E-state index is 0.582. The highest BCUT2D eigenvalue weighted by Gasteiger charge is 2.04. The van der Waals surface area contributed by atoms with Crippen LogP contribution in [0.1, 0.15) is 19.0 Å². The fraction of sp³-hybridized carbons (Fsp3) is 0.333. The minimum Gasteiger partial charge on any atom is -0.311 e. The Balaban J connectivity index is 2.13. The summed E-state index contributed by atoms with van der Waals surface area (Å²) in [6, 6.07) is 5.28. The number of hydrogen-bond acceptors (Lipinski definition) is 3. The largest absolute Gasteiger partial charge is 0.311 e. The molecular weight excluding hydrogens is 271 g/mol. The Kier molecular flexibility index (Phi) is 4.58. The summed E-state index contributed by atoms with van der Waals surface area (Å²) in [7, 11) is 0. The highest BCUT2D eigenvalue weighted by molar-refractivity contribution is 6.34. The fourth-order valence-corrected chi connectivity index (χ4v) is 2.08. The molecule has 6 heteroatoms. The molecule has 0 amide bonds. The van der Waals surface area contributed by atoms with Crippen LogP contribution in [0.25, 0.3) is 5.69 Å². The van der Waals surface area contributed by atoms with E-state index in [2.05, 4.69) is 22.6 Å². The van der Waals surface area contributed by atoms with Crippen molar-refractivity contribution >= 4 is 23.2 Å². The van der Waals surface area contributed by atoms with Gasteiger partial charge in [0.2, 0.25) is 0 Å². The fourth-order valence-electron chi connectivity index (χ4n) is 1.57. The first-order valence-electron chi connectivity index (χ1n) is 5.77. The lowest BCUT2D eigenvalue weighted by Gasteiger charge is -2.01. The van der Waals surface area contributed by atoms with Gasteiger partial charge in [0.1, 0.15) is 0 Å². The van der Waals surface area contributed by atoms with Gasteiger partial charge in [0, 0.05) is 16.6 Å². The van der Waals surface area contributed by atoms with E-state index < -0.39 is 0 Å².